The number of carbonyl (C=O) groups is 2. The van der Waals surface area contributed by atoms with Gasteiger partial charge in [-0.2, -0.15) is 0 Å². The largest absolute Gasteiger partial charge is 0.503 e. The first-order valence-corrected chi connectivity index (χ1v) is 11.2. The molecule has 182 valence electrons. The fourth-order valence-electron chi connectivity index (χ4n) is 4.24. The standard InChI is InChI=1S/C27H28N2O6/c1-28(2)19-10-8-18(9-11-19)24-23(25(30)21-6-5-15-35-21)26(31)27(32)29(24)14-13-17-7-12-20(33-3)22(16-17)34-4/h5-12,15-16,24,31H,13-14H2,1-4H3/t24-/m0/s1. The Hall–Kier alpha value is -4.20. The van der Waals surface area contributed by atoms with E-state index < -0.39 is 23.5 Å². The molecule has 1 atom stereocenters. The maximum absolute atomic E-state index is 13.3. The summed E-state index contributed by atoms with van der Waals surface area (Å²) in [6.45, 7) is 0.271. The van der Waals surface area contributed by atoms with Crippen LogP contribution in [0.15, 0.2) is 76.6 Å². The van der Waals surface area contributed by atoms with Crippen molar-refractivity contribution < 1.29 is 28.6 Å². The summed E-state index contributed by atoms with van der Waals surface area (Å²) in [5.41, 5.74) is 2.62. The lowest BCUT2D eigenvalue weighted by atomic mass is 9.94. The summed E-state index contributed by atoms with van der Waals surface area (Å²) in [7, 11) is 6.99. The summed E-state index contributed by atoms with van der Waals surface area (Å²) in [5, 5.41) is 10.8. The molecule has 0 saturated carbocycles. The Kier molecular flexibility index (Phi) is 6.82. The molecular formula is C27H28N2O6. The number of methoxy groups -OCH3 is 2. The second-order valence-electron chi connectivity index (χ2n) is 8.40. The van der Waals surface area contributed by atoms with Crippen LogP contribution in [0.5, 0.6) is 11.5 Å². The van der Waals surface area contributed by atoms with Gasteiger partial charge in [-0.1, -0.05) is 18.2 Å². The molecule has 0 spiro atoms. The number of amides is 1. The molecule has 4 rings (SSSR count). The first-order chi connectivity index (χ1) is 16.8. The number of furan rings is 1. The van der Waals surface area contributed by atoms with E-state index in [1.165, 1.54) is 17.2 Å². The van der Waals surface area contributed by atoms with E-state index in [0.29, 0.717) is 17.9 Å². The Labute approximate surface area is 204 Å². The van der Waals surface area contributed by atoms with Gasteiger partial charge in [-0.15, -0.1) is 0 Å². The molecular weight excluding hydrogens is 448 g/mol. The van der Waals surface area contributed by atoms with Gasteiger partial charge in [0.1, 0.15) is 0 Å². The number of ketones is 1. The summed E-state index contributed by atoms with van der Waals surface area (Å²) < 4.78 is 16.0. The fourth-order valence-corrected chi connectivity index (χ4v) is 4.24. The van der Waals surface area contributed by atoms with E-state index in [4.69, 9.17) is 13.9 Å². The smallest absolute Gasteiger partial charge is 0.290 e. The zero-order valence-electron chi connectivity index (χ0n) is 20.1. The first-order valence-electron chi connectivity index (χ1n) is 11.2. The predicted molar refractivity (Wildman–Crippen MR) is 131 cm³/mol. The Balaban J connectivity index is 1.68. The molecule has 35 heavy (non-hydrogen) atoms. The summed E-state index contributed by atoms with van der Waals surface area (Å²) in [6, 6.07) is 15.5. The van der Waals surface area contributed by atoms with Gasteiger partial charge in [0.15, 0.2) is 23.0 Å². The molecule has 0 bridgehead atoms. The van der Waals surface area contributed by atoms with Gasteiger partial charge in [-0.05, 0) is 53.9 Å². The van der Waals surface area contributed by atoms with Crippen LogP contribution in [0.25, 0.3) is 0 Å². The topological polar surface area (TPSA) is 92.5 Å². The molecule has 1 aromatic heterocycles. The van der Waals surface area contributed by atoms with Gasteiger partial charge in [0, 0.05) is 26.3 Å². The van der Waals surface area contributed by atoms with Gasteiger partial charge in [-0.25, -0.2) is 0 Å². The summed E-state index contributed by atoms with van der Waals surface area (Å²) in [4.78, 5) is 29.9. The Morgan fingerprint density at radius 2 is 1.77 bits per heavy atom. The second kappa shape index (κ2) is 9.97. The van der Waals surface area contributed by atoms with Crippen LogP contribution in [-0.4, -0.2) is 56.6 Å². The molecule has 1 aliphatic heterocycles. The van der Waals surface area contributed by atoms with Gasteiger partial charge >= 0.3 is 0 Å². The number of hydrogen-bond acceptors (Lipinski definition) is 7. The van der Waals surface area contributed by atoms with E-state index >= 15 is 0 Å². The number of carbonyl (C=O) groups excluding carboxylic acids is 2. The lowest BCUT2D eigenvalue weighted by Gasteiger charge is -2.27. The molecule has 0 saturated heterocycles. The molecule has 3 aromatic rings. The minimum absolute atomic E-state index is 0.00913. The minimum atomic E-state index is -0.753. The predicted octanol–water partition coefficient (Wildman–Crippen LogP) is 4.18. The fraction of sp³-hybridized carbons (Fsp3) is 0.259. The third-order valence-electron chi connectivity index (χ3n) is 6.11. The van der Waals surface area contributed by atoms with Crippen molar-refractivity contribution in [1.29, 1.82) is 0 Å². The molecule has 0 radical (unpaired) electrons. The van der Waals surface area contributed by atoms with Crippen molar-refractivity contribution in [3.8, 4) is 11.5 Å². The van der Waals surface area contributed by atoms with Crippen LogP contribution in [0, 0.1) is 0 Å². The van der Waals surface area contributed by atoms with Gasteiger partial charge in [0.2, 0.25) is 5.78 Å². The number of aliphatic hydroxyl groups excluding tert-OH is 1. The van der Waals surface area contributed by atoms with Gasteiger partial charge < -0.3 is 28.8 Å². The van der Waals surface area contributed by atoms with E-state index in [-0.39, 0.29) is 17.9 Å². The zero-order valence-corrected chi connectivity index (χ0v) is 20.1. The first kappa shape index (κ1) is 23.9. The number of ether oxygens (including phenoxy) is 2. The van der Waals surface area contributed by atoms with E-state index in [1.54, 1.807) is 26.4 Å². The number of rotatable bonds is 9. The molecule has 0 fully saturated rings. The van der Waals surface area contributed by atoms with Crippen LogP contribution in [0.3, 0.4) is 0 Å². The van der Waals surface area contributed by atoms with Crippen molar-refractivity contribution in [2.45, 2.75) is 12.5 Å². The Bertz CT molecular complexity index is 1250. The second-order valence-corrected chi connectivity index (χ2v) is 8.40. The molecule has 8 heteroatoms. The number of nitrogens with zero attached hydrogens (tertiary/aromatic N) is 2. The number of Topliss-reactive ketones (excluding diaryl/α,β-unsaturated/α-hetero) is 1. The molecule has 1 aliphatic rings. The van der Waals surface area contributed by atoms with Crippen LogP contribution in [0.4, 0.5) is 5.69 Å². The number of aliphatic hydroxyl groups is 1. The SMILES string of the molecule is COc1ccc(CCN2C(=O)C(O)=C(C(=O)c3ccco3)[C@@H]2c2ccc(N(C)C)cc2)cc1OC. The quantitative estimate of drug-likeness (QED) is 0.463. The molecule has 1 N–H and O–H groups in total. The number of benzene rings is 2. The van der Waals surface area contributed by atoms with E-state index in [0.717, 1.165) is 16.8 Å². The van der Waals surface area contributed by atoms with Crippen molar-refractivity contribution in [2.75, 3.05) is 39.8 Å². The number of hydrogen-bond donors (Lipinski definition) is 1. The van der Waals surface area contributed by atoms with E-state index in [2.05, 4.69) is 0 Å². The summed E-state index contributed by atoms with van der Waals surface area (Å²) >= 11 is 0. The van der Waals surface area contributed by atoms with Crippen molar-refractivity contribution >= 4 is 17.4 Å². The molecule has 2 aromatic carbocycles. The third-order valence-corrected chi connectivity index (χ3v) is 6.11. The maximum atomic E-state index is 13.3. The van der Waals surface area contributed by atoms with Crippen LogP contribution in [0.2, 0.25) is 0 Å². The van der Waals surface area contributed by atoms with E-state index in [1.807, 2.05) is 55.4 Å². The Morgan fingerprint density at radius 3 is 2.37 bits per heavy atom. The highest BCUT2D eigenvalue weighted by Crippen LogP contribution is 2.39. The number of anilines is 1. The molecule has 2 heterocycles. The van der Waals surface area contributed by atoms with Crippen LogP contribution < -0.4 is 14.4 Å². The molecule has 8 nitrogen and oxygen atoms in total. The van der Waals surface area contributed by atoms with Crippen molar-refractivity contribution in [3.63, 3.8) is 0 Å². The van der Waals surface area contributed by atoms with Gasteiger partial charge in [-0.3, -0.25) is 9.59 Å². The third kappa shape index (κ3) is 4.59. The highest BCUT2D eigenvalue weighted by atomic mass is 16.5. The van der Waals surface area contributed by atoms with Crippen molar-refractivity contribution in [3.05, 3.63) is 89.1 Å². The lowest BCUT2D eigenvalue weighted by Crippen LogP contribution is -2.33. The summed E-state index contributed by atoms with van der Waals surface area (Å²) in [5.74, 6) is -0.407. The van der Waals surface area contributed by atoms with Gasteiger partial charge in [0.05, 0.1) is 32.1 Å². The molecule has 1 amide bonds. The van der Waals surface area contributed by atoms with Crippen LogP contribution in [0.1, 0.15) is 27.7 Å². The Morgan fingerprint density at radius 1 is 1.06 bits per heavy atom. The van der Waals surface area contributed by atoms with Crippen molar-refractivity contribution in [1.82, 2.24) is 4.90 Å². The normalized spacial score (nSPS) is 15.5. The lowest BCUT2D eigenvalue weighted by molar-refractivity contribution is -0.129. The monoisotopic (exact) mass is 476 g/mol. The zero-order chi connectivity index (χ0) is 25.1. The summed E-state index contributed by atoms with van der Waals surface area (Å²) in [6.07, 6.45) is 1.87. The van der Waals surface area contributed by atoms with E-state index in [9.17, 15) is 14.7 Å². The molecule has 0 unspecified atom stereocenters. The minimum Gasteiger partial charge on any atom is -0.503 e. The highest BCUT2D eigenvalue weighted by molar-refractivity contribution is 6.15. The van der Waals surface area contributed by atoms with Crippen molar-refractivity contribution in [2.24, 2.45) is 0 Å². The average molecular weight is 477 g/mol. The van der Waals surface area contributed by atoms with Crippen LogP contribution in [-0.2, 0) is 11.2 Å². The van der Waals surface area contributed by atoms with Crippen LogP contribution >= 0.6 is 0 Å². The van der Waals surface area contributed by atoms with Gasteiger partial charge in [0.25, 0.3) is 5.91 Å². The maximum Gasteiger partial charge on any atom is 0.290 e. The molecule has 0 aliphatic carbocycles. The average Bonchev–Trinajstić information content (AvgIpc) is 3.50. The highest BCUT2D eigenvalue weighted by Gasteiger charge is 2.44.